The van der Waals surface area contributed by atoms with Gasteiger partial charge in [-0.15, -0.1) is 0 Å². The number of nitrogens with one attached hydrogen (secondary N) is 1. The van der Waals surface area contributed by atoms with Crippen LogP contribution in [0.25, 0.3) is 0 Å². The highest BCUT2D eigenvalue weighted by Crippen LogP contribution is 2.17. The smallest absolute Gasteiger partial charge is 0.119 e. The van der Waals surface area contributed by atoms with Gasteiger partial charge in [0.15, 0.2) is 0 Å². The van der Waals surface area contributed by atoms with Crippen molar-refractivity contribution in [3.05, 3.63) is 95.0 Å². The molecule has 3 aromatic rings. The van der Waals surface area contributed by atoms with Gasteiger partial charge in [0.25, 0.3) is 0 Å². The molecule has 0 amide bonds. The third kappa shape index (κ3) is 4.76. The Bertz CT molecular complexity index is 724. The summed E-state index contributed by atoms with van der Waals surface area (Å²) in [5.74, 6) is 0.879. The van der Waals surface area contributed by atoms with Gasteiger partial charge in [-0.25, -0.2) is 0 Å². The van der Waals surface area contributed by atoms with Crippen LogP contribution in [-0.2, 0) is 13.2 Å². The van der Waals surface area contributed by atoms with Gasteiger partial charge >= 0.3 is 0 Å². The Balaban J connectivity index is 1.51. The molecule has 0 fully saturated rings. The summed E-state index contributed by atoms with van der Waals surface area (Å²) in [4.78, 5) is 0. The van der Waals surface area contributed by atoms with Crippen molar-refractivity contribution in [3.8, 4) is 5.75 Å². The maximum atomic E-state index is 5.88. The highest BCUT2D eigenvalue weighted by Gasteiger charge is 1.98. The van der Waals surface area contributed by atoms with Gasteiger partial charge in [-0.2, -0.15) is 0 Å². The molecular formula is C20H18ClNO. The van der Waals surface area contributed by atoms with Crippen molar-refractivity contribution in [2.24, 2.45) is 0 Å². The molecule has 0 aliphatic carbocycles. The third-order valence-corrected chi connectivity index (χ3v) is 3.76. The Morgan fingerprint density at radius 3 is 2.13 bits per heavy atom. The standard InChI is InChI=1S/C20H18ClNO/c21-18-8-10-19(11-9-18)22-14-16-6-12-20(13-7-16)23-15-17-4-2-1-3-5-17/h1-13,22H,14-15H2. The van der Waals surface area contributed by atoms with Crippen molar-refractivity contribution in [2.75, 3.05) is 5.32 Å². The molecule has 3 heteroatoms. The van der Waals surface area contributed by atoms with E-state index >= 15 is 0 Å². The molecule has 23 heavy (non-hydrogen) atoms. The van der Waals surface area contributed by atoms with Crippen LogP contribution in [-0.4, -0.2) is 0 Å². The predicted molar refractivity (Wildman–Crippen MR) is 96.0 cm³/mol. The summed E-state index contributed by atoms with van der Waals surface area (Å²) in [6.45, 7) is 1.35. The molecule has 0 aliphatic rings. The molecule has 0 unspecified atom stereocenters. The highest BCUT2D eigenvalue weighted by molar-refractivity contribution is 6.30. The fourth-order valence-electron chi connectivity index (χ4n) is 2.22. The molecule has 3 aromatic carbocycles. The van der Waals surface area contributed by atoms with E-state index in [9.17, 15) is 0 Å². The van der Waals surface area contributed by atoms with Gasteiger partial charge < -0.3 is 10.1 Å². The second kappa shape index (κ2) is 7.70. The van der Waals surface area contributed by atoms with E-state index in [-0.39, 0.29) is 0 Å². The van der Waals surface area contributed by atoms with Crippen LogP contribution in [0, 0.1) is 0 Å². The normalized spacial score (nSPS) is 10.3. The first kappa shape index (κ1) is 15.4. The molecule has 3 rings (SSSR count). The minimum Gasteiger partial charge on any atom is -0.489 e. The molecule has 2 nitrogen and oxygen atoms in total. The summed E-state index contributed by atoms with van der Waals surface area (Å²) in [6, 6.07) is 26.0. The van der Waals surface area contributed by atoms with Gasteiger partial charge in [-0.3, -0.25) is 0 Å². The monoisotopic (exact) mass is 323 g/mol. The molecule has 0 saturated heterocycles. The van der Waals surface area contributed by atoms with Gasteiger partial charge in [0, 0.05) is 17.3 Å². The average Bonchev–Trinajstić information content (AvgIpc) is 2.61. The summed E-state index contributed by atoms with van der Waals surface area (Å²) in [7, 11) is 0. The lowest BCUT2D eigenvalue weighted by molar-refractivity contribution is 0.306. The van der Waals surface area contributed by atoms with Crippen molar-refractivity contribution in [3.63, 3.8) is 0 Å². The van der Waals surface area contributed by atoms with Crippen LogP contribution in [0.4, 0.5) is 5.69 Å². The van der Waals surface area contributed by atoms with Crippen LogP contribution in [0.5, 0.6) is 5.75 Å². The second-order valence-corrected chi connectivity index (χ2v) is 5.72. The Hall–Kier alpha value is -2.45. The molecule has 0 spiro atoms. The summed E-state index contributed by atoms with van der Waals surface area (Å²) in [5, 5.41) is 4.11. The zero-order valence-corrected chi connectivity index (χ0v) is 13.5. The molecular weight excluding hydrogens is 306 g/mol. The van der Waals surface area contributed by atoms with E-state index in [1.54, 1.807) is 0 Å². The molecule has 1 N–H and O–H groups in total. The summed E-state index contributed by atoms with van der Waals surface area (Å²) in [5.41, 5.74) is 3.42. The van der Waals surface area contributed by atoms with Crippen LogP contribution in [0.1, 0.15) is 11.1 Å². The van der Waals surface area contributed by atoms with Gasteiger partial charge in [0.05, 0.1) is 0 Å². The third-order valence-electron chi connectivity index (χ3n) is 3.51. The molecule has 0 radical (unpaired) electrons. The van der Waals surface area contributed by atoms with Crippen LogP contribution in [0.2, 0.25) is 5.02 Å². The molecule has 0 heterocycles. The topological polar surface area (TPSA) is 21.3 Å². The van der Waals surface area contributed by atoms with Crippen molar-refractivity contribution in [1.29, 1.82) is 0 Å². The van der Waals surface area contributed by atoms with Gasteiger partial charge in [0.2, 0.25) is 0 Å². The van der Waals surface area contributed by atoms with Crippen LogP contribution in [0.3, 0.4) is 0 Å². The quantitative estimate of drug-likeness (QED) is 0.644. The second-order valence-electron chi connectivity index (χ2n) is 5.28. The van der Waals surface area contributed by atoms with E-state index in [0.29, 0.717) is 6.61 Å². The first-order chi connectivity index (χ1) is 11.3. The van der Waals surface area contributed by atoms with Crippen molar-refractivity contribution < 1.29 is 4.74 Å². The van der Waals surface area contributed by atoms with Crippen LogP contribution < -0.4 is 10.1 Å². The number of benzene rings is 3. The predicted octanol–water partition coefficient (Wildman–Crippen LogP) is 5.53. The van der Waals surface area contributed by atoms with Crippen LogP contribution >= 0.6 is 11.6 Å². The van der Waals surface area contributed by atoms with E-state index in [2.05, 4.69) is 29.6 Å². The van der Waals surface area contributed by atoms with Gasteiger partial charge in [0.1, 0.15) is 12.4 Å². The van der Waals surface area contributed by atoms with Crippen molar-refractivity contribution in [1.82, 2.24) is 0 Å². The summed E-state index contributed by atoms with van der Waals surface area (Å²) in [6.07, 6.45) is 0. The Labute approximate surface area is 141 Å². The Kier molecular flexibility index (Phi) is 5.17. The Morgan fingerprint density at radius 1 is 0.739 bits per heavy atom. The first-order valence-electron chi connectivity index (χ1n) is 7.55. The number of rotatable bonds is 6. The Morgan fingerprint density at radius 2 is 1.43 bits per heavy atom. The molecule has 116 valence electrons. The molecule has 0 aliphatic heterocycles. The lowest BCUT2D eigenvalue weighted by Crippen LogP contribution is -1.99. The average molecular weight is 324 g/mol. The zero-order chi connectivity index (χ0) is 15.9. The molecule has 0 atom stereocenters. The SMILES string of the molecule is Clc1ccc(NCc2ccc(OCc3ccccc3)cc2)cc1. The summed E-state index contributed by atoms with van der Waals surface area (Å²) >= 11 is 5.88. The van der Waals surface area contributed by atoms with Crippen LogP contribution in [0.15, 0.2) is 78.9 Å². The van der Waals surface area contributed by atoms with E-state index in [1.165, 1.54) is 11.1 Å². The minimum atomic E-state index is 0.587. The maximum Gasteiger partial charge on any atom is 0.119 e. The number of halogens is 1. The van der Waals surface area contributed by atoms with Gasteiger partial charge in [-0.1, -0.05) is 54.1 Å². The highest BCUT2D eigenvalue weighted by atomic mass is 35.5. The van der Waals surface area contributed by atoms with E-state index in [1.807, 2.05) is 54.6 Å². The largest absolute Gasteiger partial charge is 0.489 e. The molecule has 0 bridgehead atoms. The number of ether oxygens (including phenoxy) is 1. The number of hydrogen-bond acceptors (Lipinski definition) is 2. The first-order valence-corrected chi connectivity index (χ1v) is 7.92. The van der Waals surface area contributed by atoms with Crippen molar-refractivity contribution >= 4 is 17.3 Å². The minimum absolute atomic E-state index is 0.587. The van der Waals surface area contributed by atoms with E-state index in [4.69, 9.17) is 16.3 Å². The number of hydrogen-bond donors (Lipinski definition) is 1. The molecule has 0 aromatic heterocycles. The fourth-order valence-corrected chi connectivity index (χ4v) is 2.34. The maximum absolute atomic E-state index is 5.88. The fraction of sp³-hybridized carbons (Fsp3) is 0.100. The number of anilines is 1. The zero-order valence-electron chi connectivity index (χ0n) is 12.7. The van der Waals surface area contributed by atoms with Crippen molar-refractivity contribution in [2.45, 2.75) is 13.2 Å². The van der Waals surface area contributed by atoms with E-state index in [0.717, 1.165) is 23.0 Å². The van der Waals surface area contributed by atoms with E-state index < -0.39 is 0 Å². The van der Waals surface area contributed by atoms with Gasteiger partial charge in [-0.05, 0) is 47.5 Å². The lowest BCUT2D eigenvalue weighted by atomic mass is 10.2. The lowest BCUT2D eigenvalue weighted by Gasteiger charge is -2.09. The molecule has 0 saturated carbocycles. The summed E-state index contributed by atoms with van der Waals surface area (Å²) < 4.78 is 5.79.